The van der Waals surface area contributed by atoms with Crippen molar-refractivity contribution in [3.8, 4) is 84.7 Å². The highest BCUT2D eigenvalue weighted by Gasteiger charge is 2.25. The molecule has 0 fully saturated rings. The summed E-state index contributed by atoms with van der Waals surface area (Å²) < 4.78 is 8.93. The van der Waals surface area contributed by atoms with Crippen molar-refractivity contribution in [3.05, 3.63) is 236 Å². The summed E-state index contributed by atoms with van der Waals surface area (Å²) in [7, 11) is 0. The van der Waals surface area contributed by atoms with Gasteiger partial charge in [0.25, 0.3) is 0 Å². The number of hydrogen-bond donors (Lipinski definition) is 0. The average Bonchev–Trinajstić information content (AvgIpc) is 3.75. The molecule has 0 atom stereocenters. The van der Waals surface area contributed by atoms with E-state index in [0.717, 1.165) is 72.6 Å². The molecular weight excluding hydrogens is 853 g/mol. The van der Waals surface area contributed by atoms with Crippen LogP contribution in [0.15, 0.2) is 225 Å². The van der Waals surface area contributed by atoms with Crippen molar-refractivity contribution in [1.29, 1.82) is 0 Å². The molecule has 0 unspecified atom stereocenters. The zero-order valence-electron chi connectivity index (χ0n) is 40.7. The van der Waals surface area contributed by atoms with Crippen LogP contribution in [-0.2, 0) is 5.41 Å². The second-order valence-corrected chi connectivity index (χ2v) is 19.8. The number of ether oxygens (including phenoxy) is 1. The van der Waals surface area contributed by atoms with Gasteiger partial charge in [-0.1, -0.05) is 206 Å². The molecule has 10 aromatic rings. The number of aromatic nitrogens is 4. The minimum Gasteiger partial charge on any atom is -0.457 e. The fourth-order valence-electron chi connectivity index (χ4n) is 9.02. The molecule has 2 aromatic heterocycles. The van der Waals surface area contributed by atoms with E-state index in [2.05, 4.69) is 204 Å². The monoisotopic (exact) mass is 908 g/mol. The topological polar surface area (TPSA) is 52.8 Å². The molecule has 0 saturated carbocycles. The molecule has 10 rings (SSSR count). The van der Waals surface area contributed by atoms with Gasteiger partial charge in [-0.05, 0) is 98.8 Å². The highest BCUT2D eigenvalue weighted by molar-refractivity contribution is 5.97. The van der Waals surface area contributed by atoms with Gasteiger partial charge in [0.05, 0.1) is 16.8 Å². The molecule has 0 aliphatic heterocycles. The molecule has 5 heteroatoms. The van der Waals surface area contributed by atoms with E-state index < -0.39 is 0 Å². The third-order valence-electron chi connectivity index (χ3n) is 12.9. The molecule has 0 bridgehead atoms. The van der Waals surface area contributed by atoms with Crippen molar-refractivity contribution in [2.45, 2.75) is 47.0 Å². The summed E-state index contributed by atoms with van der Waals surface area (Å²) in [6, 6.07) is 69.4. The molecule has 0 amide bonds. The van der Waals surface area contributed by atoms with Crippen LogP contribution in [0.25, 0.3) is 90.2 Å². The first kappa shape index (κ1) is 45.4. The van der Waals surface area contributed by atoms with Gasteiger partial charge in [0, 0.05) is 39.4 Å². The van der Waals surface area contributed by atoms with E-state index in [9.17, 15) is 0 Å². The van der Waals surface area contributed by atoms with Gasteiger partial charge in [0.1, 0.15) is 11.5 Å². The van der Waals surface area contributed by atoms with Gasteiger partial charge < -0.3 is 9.30 Å². The van der Waals surface area contributed by atoms with Crippen LogP contribution in [0.2, 0.25) is 0 Å². The minimum atomic E-state index is -0.107. The summed E-state index contributed by atoms with van der Waals surface area (Å²) in [4.78, 5) is 15.9. The summed E-state index contributed by atoms with van der Waals surface area (Å²) in [5.41, 5.74) is 14.5. The number of hydrogen-bond acceptors (Lipinski definition) is 4. The fourth-order valence-corrected chi connectivity index (χ4v) is 9.02. The largest absolute Gasteiger partial charge is 0.457 e. The maximum atomic E-state index is 6.54. The van der Waals surface area contributed by atoms with Crippen LogP contribution in [0, 0.1) is 5.41 Å². The average molecular weight is 909 g/mol. The van der Waals surface area contributed by atoms with Gasteiger partial charge in [-0.15, -0.1) is 0 Å². The Labute approximate surface area is 412 Å². The normalized spacial score (nSPS) is 12.0. The van der Waals surface area contributed by atoms with E-state index in [1.807, 2.05) is 66.7 Å². The van der Waals surface area contributed by atoms with Gasteiger partial charge >= 0.3 is 0 Å². The molecule has 0 radical (unpaired) electrons. The summed E-state index contributed by atoms with van der Waals surface area (Å²) in [5, 5.41) is 1.18. The maximum Gasteiger partial charge on any atom is 0.167 e. The lowest BCUT2D eigenvalue weighted by molar-refractivity contribution is 0.484. The summed E-state index contributed by atoms with van der Waals surface area (Å²) >= 11 is 0. The van der Waals surface area contributed by atoms with Crippen LogP contribution < -0.4 is 4.74 Å². The Morgan fingerprint density at radius 3 is 1.56 bits per heavy atom. The van der Waals surface area contributed by atoms with E-state index >= 15 is 0 Å². The Morgan fingerprint density at radius 2 is 0.986 bits per heavy atom. The van der Waals surface area contributed by atoms with E-state index in [1.54, 1.807) is 0 Å². The van der Waals surface area contributed by atoms with Crippen LogP contribution in [0.4, 0.5) is 0 Å². The molecule has 5 nitrogen and oxygen atoms in total. The SMILES string of the molecule is C=C/C(=C\c1cn(-c2c(-c3ccccc3)cc(-c3nc(-c4ccc(-c5ccccc5)cc4)nc(-c4ccccc4Oc4ccccc4)n3)cc2-c2ccccc2)c2ccc(C(C)(C)C)cc12)C(C)(C)C. The zero-order chi connectivity index (χ0) is 48.4. The molecular formula is C65H56N4O. The van der Waals surface area contributed by atoms with E-state index in [1.165, 1.54) is 16.5 Å². The van der Waals surface area contributed by atoms with Crippen molar-refractivity contribution in [2.75, 3.05) is 0 Å². The Kier molecular flexibility index (Phi) is 12.3. The van der Waals surface area contributed by atoms with Crippen LogP contribution in [0.3, 0.4) is 0 Å². The summed E-state index contributed by atoms with van der Waals surface area (Å²) in [5.74, 6) is 2.97. The standard InChI is InChI=1S/C65H56N4O/c1-8-51(64(2,3)4)39-50-43-69(58-38-37-52(42-55(50)58)65(5,6)7)60-56(46-25-15-10-16-26-46)40-49(41-57(60)47-27-17-11-18-28-47)62-66-61(48-35-33-45(34-36-48)44-23-13-9-14-24-44)67-63(68-62)54-31-21-22-32-59(54)70-53-29-19-12-20-30-53/h8-43H,1H2,2-7H3/b51-39+. The van der Waals surface area contributed by atoms with Crippen molar-refractivity contribution in [3.63, 3.8) is 0 Å². The first-order chi connectivity index (χ1) is 33.9. The smallest absolute Gasteiger partial charge is 0.167 e. The molecule has 0 spiro atoms. The molecule has 0 saturated heterocycles. The van der Waals surface area contributed by atoms with Gasteiger partial charge in [0.15, 0.2) is 17.5 Å². The van der Waals surface area contributed by atoms with Crippen molar-refractivity contribution in [1.82, 2.24) is 19.5 Å². The predicted octanol–water partition coefficient (Wildman–Crippen LogP) is 17.5. The lowest BCUT2D eigenvalue weighted by Gasteiger charge is -2.21. The van der Waals surface area contributed by atoms with Gasteiger partial charge in [-0.3, -0.25) is 0 Å². The van der Waals surface area contributed by atoms with Crippen LogP contribution in [0.5, 0.6) is 11.5 Å². The molecule has 8 aromatic carbocycles. The lowest BCUT2D eigenvalue weighted by atomic mass is 9.84. The van der Waals surface area contributed by atoms with E-state index in [-0.39, 0.29) is 10.8 Å². The predicted molar refractivity (Wildman–Crippen MR) is 292 cm³/mol. The van der Waals surface area contributed by atoms with Crippen LogP contribution in [0.1, 0.15) is 52.7 Å². The third-order valence-corrected chi connectivity index (χ3v) is 12.9. The molecule has 70 heavy (non-hydrogen) atoms. The third kappa shape index (κ3) is 9.39. The second kappa shape index (κ2) is 18.9. The van der Waals surface area contributed by atoms with Crippen LogP contribution in [-0.4, -0.2) is 19.5 Å². The molecule has 342 valence electrons. The fraction of sp³-hybridized carbons (Fsp3) is 0.123. The number of fused-ring (bicyclic) bond motifs is 1. The zero-order valence-corrected chi connectivity index (χ0v) is 40.7. The lowest BCUT2D eigenvalue weighted by Crippen LogP contribution is -2.10. The Hall–Kier alpha value is -8.41. The second-order valence-electron chi connectivity index (χ2n) is 19.8. The van der Waals surface area contributed by atoms with Gasteiger partial charge in [-0.2, -0.15) is 0 Å². The maximum absolute atomic E-state index is 6.54. The van der Waals surface area contributed by atoms with Crippen LogP contribution >= 0.6 is 0 Å². The number of nitrogens with zero attached hydrogens (tertiary/aromatic N) is 4. The quantitative estimate of drug-likeness (QED) is 0.121. The molecule has 0 N–H and O–H groups in total. The van der Waals surface area contributed by atoms with Crippen molar-refractivity contribution in [2.24, 2.45) is 5.41 Å². The van der Waals surface area contributed by atoms with Crippen molar-refractivity contribution < 1.29 is 4.74 Å². The van der Waals surface area contributed by atoms with Gasteiger partial charge in [-0.25, -0.2) is 15.0 Å². The number of para-hydroxylation sites is 2. The Bertz CT molecular complexity index is 3450. The Balaban J connectivity index is 1.25. The van der Waals surface area contributed by atoms with Gasteiger partial charge in [0.2, 0.25) is 0 Å². The van der Waals surface area contributed by atoms with Crippen molar-refractivity contribution >= 4 is 17.0 Å². The molecule has 0 aliphatic rings. The highest BCUT2D eigenvalue weighted by atomic mass is 16.5. The van der Waals surface area contributed by atoms with E-state index in [0.29, 0.717) is 23.2 Å². The summed E-state index contributed by atoms with van der Waals surface area (Å²) in [6.45, 7) is 17.8. The highest BCUT2D eigenvalue weighted by Crippen LogP contribution is 2.44. The minimum absolute atomic E-state index is 0.0466. The molecule has 2 heterocycles. The first-order valence-corrected chi connectivity index (χ1v) is 24.0. The van der Waals surface area contributed by atoms with E-state index in [4.69, 9.17) is 19.7 Å². The summed E-state index contributed by atoms with van der Waals surface area (Å²) in [6.07, 6.45) is 6.62. The number of rotatable bonds is 11. The number of allylic oxidation sites excluding steroid dienone is 2. The number of benzene rings is 8. The molecule has 0 aliphatic carbocycles. The Morgan fingerprint density at radius 1 is 0.486 bits per heavy atom. The first-order valence-electron chi connectivity index (χ1n) is 24.0.